The van der Waals surface area contributed by atoms with E-state index in [4.69, 9.17) is 27.2 Å². The van der Waals surface area contributed by atoms with E-state index in [1.807, 2.05) is 6.19 Å². The maximum Gasteiger partial charge on any atom is 0.270 e. The third-order valence-corrected chi connectivity index (χ3v) is 3.86. The first-order valence-electron chi connectivity index (χ1n) is 8.22. The van der Waals surface area contributed by atoms with Crippen LogP contribution in [0.2, 0.25) is 5.02 Å². The van der Waals surface area contributed by atoms with Crippen molar-refractivity contribution in [2.24, 2.45) is 10.7 Å². The van der Waals surface area contributed by atoms with Crippen LogP contribution in [-0.2, 0) is 6.54 Å². The van der Waals surface area contributed by atoms with Crippen LogP contribution in [0, 0.1) is 21.6 Å². The lowest BCUT2D eigenvalue weighted by atomic mass is 10.1. The largest absolute Gasteiger partial charge is 0.493 e. The molecule has 0 atom stereocenters. The number of aliphatic imine (C=N–C) groups is 1. The Morgan fingerprint density at radius 3 is 2.68 bits per heavy atom. The molecule has 2 rings (SSSR count). The minimum Gasteiger partial charge on any atom is -0.493 e. The number of nitriles is 1. The minimum absolute atomic E-state index is 0.0483. The highest BCUT2D eigenvalue weighted by molar-refractivity contribution is 6.30. The zero-order chi connectivity index (χ0) is 20.5. The van der Waals surface area contributed by atoms with Crippen LogP contribution in [0.4, 0.5) is 11.4 Å². The summed E-state index contributed by atoms with van der Waals surface area (Å²) in [4.78, 5) is 15.8. The number of halogens is 1. The van der Waals surface area contributed by atoms with Crippen molar-refractivity contribution in [2.45, 2.75) is 13.0 Å². The van der Waals surface area contributed by atoms with Gasteiger partial charge in [-0.25, -0.2) is 9.89 Å². The maximum atomic E-state index is 11.1. The van der Waals surface area contributed by atoms with Crippen LogP contribution in [0.25, 0.3) is 0 Å². The highest BCUT2D eigenvalue weighted by Gasteiger charge is 2.16. The maximum absolute atomic E-state index is 11.1. The number of benzene rings is 2. The van der Waals surface area contributed by atoms with Gasteiger partial charge in [-0.1, -0.05) is 11.6 Å². The molecule has 146 valence electrons. The molecule has 0 bridgehead atoms. The van der Waals surface area contributed by atoms with Gasteiger partial charge in [0.15, 0.2) is 6.19 Å². The normalized spacial score (nSPS) is 11.0. The van der Waals surface area contributed by atoms with E-state index in [0.717, 1.165) is 4.90 Å². The molecule has 0 aromatic heterocycles. The Kier molecular flexibility index (Phi) is 7.56. The zero-order valence-corrected chi connectivity index (χ0v) is 15.5. The number of ether oxygens (including phenoxy) is 1. The monoisotopic (exact) mass is 403 g/mol. The molecule has 0 spiro atoms. The van der Waals surface area contributed by atoms with Gasteiger partial charge in [-0.3, -0.25) is 10.1 Å². The number of non-ortho nitro benzene ring substituents is 1. The van der Waals surface area contributed by atoms with Gasteiger partial charge in [0.2, 0.25) is 5.96 Å². The summed E-state index contributed by atoms with van der Waals surface area (Å²) in [7, 11) is 0. The molecule has 0 heterocycles. The molecule has 0 saturated carbocycles. The van der Waals surface area contributed by atoms with Gasteiger partial charge in [0.05, 0.1) is 23.8 Å². The topological polar surface area (TPSA) is 138 Å². The summed E-state index contributed by atoms with van der Waals surface area (Å²) in [6.45, 7) is 0.102. The van der Waals surface area contributed by atoms with E-state index >= 15 is 0 Å². The summed E-state index contributed by atoms with van der Waals surface area (Å²) in [6.07, 6.45) is 2.31. The number of hydrogen-bond acceptors (Lipinski definition) is 6. The third kappa shape index (κ3) is 5.84. The van der Waals surface area contributed by atoms with E-state index in [0.29, 0.717) is 28.4 Å². The molecular weight excluding hydrogens is 386 g/mol. The van der Waals surface area contributed by atoms with Crippen LogP contribution >= 0.6 is 11.6 Å². The smallest absolute Gasteiger partial charge is 0.270 e. The second kappa shape index (κ2) is 10.1. The van der Waals surface area contributed by atoms with Crippen LogP contribution in [0.3, 0.4) is 0 Å². The van der Waals surface area contributed by atoms with Crippen molar-refractivity contribution in [2.75, 3.05) is 13.2 Å². The van der Waals surface area contributed by atoms with Crippen molar-refractivity contribution in [3.8, 4) is 11.9 Å². The van der Waals surface area contributed by atoms with Crippen LogP contribution < -0.4 is 10.5 Å². The second-order valence-corrected chi connectivity index (χ2v) is 6.04. The molecule has 0 saturated heterocycles. The number of rotatable bonds is 8. The van der Waals surface area contributed by atoms with Crippen LogP contribution in [-0.4, -0.2) is 34.1 Å². The van der Waals surface area contributed by atoms with Crippen LogP contribution in [0.15, 0.2) is 47.5 Å². The van der Waals surface area contributed by atoms with Gasteiger partial charge in [0.1, 0.15) is 5.75 Å². The van der Waals surface area contributed by atoms with E-state index in [1.165, 1.54) is 18.2 Å². The first-order chi connectivity index (χ1) is 13.4. The standard InChI is InChI=1S/C18H18ClN5O4/c19-14-2-4-15(5-3-14)22-18(21)23(12-20)11-13-10-16(24(26)27)6-7-17(13)28-9-1-8-25/h2-7,10,25H,1,8-9,11H2,(H2,21,22). The van der Waals surface area contributed by atoms with Gasteiger partial charge in [-0.15, -0.1) is 0 Å². The number of hydrogen-bond donors (Lipinski definition) is 2. The van der Waals surface area contributed by atoms with Crippen molar-refractivity contribution < 1.29 is 14.8 Å². The molecular formula is C18H18ClN5O4. The molecule has 2 aromatic carbocycles. The quantitative estimate of drug-likeness (QED) is 0.131. The van der Waals surface area contributed by atoms with Crippen molar-refractivity contribution in [3.05, 3.63) is 63.2 Å². The van der Waals surface area contributed by atoms with Crippen LogP contribution in [0.1, 0.15) is 12.0 Å². The van der Waals surface area contributed by atoms with Gasteiger partial charge in [0, 0.05) is 35.7 Å². The second-order valence-electron chi connectivity index (χ2n) is 5.61. The minimum atomic E-state index is -0.539. The first kappa shape index (κ1) is 21.0. The Labute approximate surface area is 166 Å². The molecule has 0 aliphatic carbocycles. The van der Waals surface area contributed by atoms with Crippen molar-refractivity contribution >= 4 is 28.9 Å². The average molecular weight is 404 g/mol. The fraction of sp³-hybridized carbons (Fsp3) is 0.222. The van der Waals surface area contributed by atoms with Gasteiger partial charge in [-0.05, 0) is 30.3 Å². The number of guanidine groups is 1. The first-order valence-corrected chi connectivity index (χ1v) is 8.60. The summed E-state index contributed by atoms with van der Waals surface area (Å²) >= 11 is 5.83. The molecule has 0 unspecified atom stereocenters. The predicted molar refractivity (Wildman–Crippen MR) is 104 cm³/mol. The van der Waals surface area contributed by atoms with Crippen molar-refractivity contribution in [1.82, 2.24) is 4.90 Å². The van der Waals surface area contributed by atoms with Crippen molar-refractivity contribution in [3.63, 3.8) is 0 Å². The lowest BCUT2D eigenvalue weighted by Crippen LogP contribution is -2.32. The molecule has 3 N–H and O–H groups in total. The Bertz CT molecular complexity index is 896. The Hall–Kier alpha value is -3.35. The van der Waals surface area contributed by atoms with Crippen LogP contribution in [0.5, 0.6) is 5.75 Å². The van der Waals surface area contributed by atoms with Gasteiger partial charge < -0.3 is 15.6 Å². The zero-order valence-electron chi connectivity index (χ0n) is 14.8. The van der Waals surface area contributed by atoms with Crippen molar-refractivity contribution in [1.29, 1.82) is 5.26 Å². The fourth-order valence-electron chi connectivity index (χ4n) is 2.24. The van der Waals surface area contributed by atoms with E-state index in [-0.39, 0.29) is 31.4 Å². The number of nitrogens with zero attached hydrogens (tertiary/aromatic N) is 4. The van der Waals surface area contributed by atoms with E-state index < -0.39 is 4.92 Å². The number of aliphatic hydroxyl groups is 1. The van der Waals surface area contributed by atoms with E-state index in [2.05, 4.69) is 4.99 Å². The molecule has 28 heavy (non-hydrogen) atoms. The third-order valence-electron chi connectivity index (χ3n) is 3.61. The summed E-state index contributed by atoms with van der Waals surface area (Å²) in [6, 6.07) is 10.6. The average Bonchev–Trinajstić information content (AvgIpc) is 2.68. The van der Waals surface area contributed by atoms with Gasteiger partial charge in [0.25, 0.3) is 5.69 Å². The molecule has 0 aliphatic rings. The highest BCUT2D eigenvalue weighted by atomic mass is 35.5. The number of aliphatic hydroxyl groups excluding tert-OH is 1. The lowest BCUT2D eigenvalue weighted by molar-refractivity contribution is -0.384. The van der Waals surface area contributed by atoms with Gasteiger partial charge in [-0.2, -0.15) is 5.26 Å². The highest BCUT2D eigenvalue weighted by Crippen LogP contribution is 2.26. The van der Waals surface area contributed by atoms with Gasteiger partial charge >= 0.3 is 0 Å². The molecule has 0 fully saturated rings. The Balaban J connectivity index is 2.28. The summed E-state index contributed by atoms with van der Waals surface area (Å²) in [5.74, 6) is 0.274. The summed E-state index contributed by atoms with van der Waals surface area (Å²) in [5, 5.41) is 29.9. The van der Waals surface area contributed by atoms with E-state index in [9.17, 15) is 15.4 Å². The number of nitro benzene ring substituents is 1. The molecule has 0 aliphatic heterocycles. The molecule has 0 amide bonds. The SMILES string of the molecule is N#CN(Cc1cc([N+](=O)[O-])ccc1OCCCO)C(N)=Nc1ccc(Cl)cc1. The molecule has 10 heteroatoms. The Morgan fingerprint density at radius 2 is 2.07 bits per heavy atom. The fourth-order valence-corrected chi connectivity index (χ4v) is 2.36. The summed E-state index contributed by atoms with van der Waals surface area (Å²) in [5.41, 5.74) is 6.68. The lowest BCUT2D eigenvalue weighted by Gasteiger charge is -2.17. The summed E-state index contributed by atoms with van der Waals surface area (Å²) < 4.78 is 5.55. The predicted octanol–water partition coefficient (Wildman–Crippen LogP) is 2.94. The number of nitrogens with two attached hydrogens (primary N) is 1. The molecule has 9 nitrogen and oxygen atoms in total. The Morgan fingerprint density at radius 1 is 1.36 bits per heavy atom. The van der Waals surface area contributed by atoms with E-state index in [1.54, 1.807) is 24.3 Å². The number of nitro groups is 1. The molecule has 0 radical (unpaired) electrons. The molecule has 2 aromatic rings.